The molecule has 0 radical (unpaired) electrons. The molecule has 1 aromatic heterocycles. The van der Waals surface area contributed by atoms with E-state index in [2.05, 4.69) is 31.2 Å². The maximum Gasteiger partial charge on any atom is 0.167 e. The predicted molar refractivity (Wildman–Crippen MR) is 66.0 cm³/mol. The first kappa shape index (κ1) is 11.8. The van der Waals surface area contributed by atoms with Crippen LogP contribution in [-0.2, 0) is 0 Å². The average Bonchev–Trinajstić information content (AvgIpc) is 2.32. The molecule has 1 heterocycles. The van der Waals surface area contributed by atoms with Gasteiger partial charge in [-0.15, -0.1) is 0 Å². The minimum absolute atomic E-state index is 0.206. The number of hydrogen-bond donors (Lipinski definition) is 1. The summed E-state index contributed by atoms with van der Waals surface area (Å²) in [4.78, 5) is 7.86. The van der Waals surface area contributed by atoms with E-state index in [4.69, 9.17) is 4.74 Å². The van der Waals surface area contributed by atoms with E-state index in [1.54, 1.807) is 18.3 Å². The van der Waals surface area contributed by atoms with E-state index in [0.717, 1.165) is 0 Å². The van der Waals surface area contributed by atoms with Crippen molar-refractivity contribution >= 4 is 27.4 Å². The van der Waals surface area contributed by atoms with Crippen molar-refractivity contribution in [3.05, 3.63) is 41.0 Å². The number of ether oxygens (including phenoxy) is 1. The van der Waals surface area contributed by atoms with Crippen molar-refractivity contribution < 1.29 is 9.13 Å². The van der Waals surface area contributed by atoms with E-state index in [1.165, 1.54) is 19.5 Å². The number of hydrogen-bond acceptors (Lipinski definition) is 4. The number of benzene rings is 1. The fourth-order valence-electron chi connectivity index (χ4n) is 1.29. The van der Waals surface area contributed by atoms with Gasteiger partial charge < -0.3 is 10.1 Å². The van der Waals surface area contributed by atoms with Crippen molar-refractivity contribution in [3.8, 4) is 5.75 Å². The number of anilines is 2. The van der Waals surface area contributed by atoms with Gasteiger partial charge in [-0.1, -0.05) is 0 Å². The summed E-state index contributed by atoms with van der Waals surface area (Å²) in [6.07, 6.45) is 3.02. The molecule has 0 fully saturated rings. The molecule has 1 aromatic carbocycles. The Morgan fingerprint density at radius 2 is 2.24 bits per heavy atom. The summed E-state index contributed by atoms with van der Waals surface area (Å²) in [5, 5.41) is 2.97. The lowest BCUT2D eigenvalue weighted by Crippen LogP contribution is -1.96. The maximum absolute atomic E-state index is 13.4. The highest BCUT2D eigenvalue weighted by molar-refractivity contribution is 9.10. The number of halogens is 2. The summed E-state index contributed by atoms with van der Waals surface area (Å²) < 4.78 is 19.0. The highest BCUT2D eigenvalue weighted by atomic mass is 79.9. The standard InChI is InChI=1S/C11H9BrFN3O/c1-17-10-3-2-7(4-9(10)13)16-11-8(12)5-14-6-15-11/h2-6H,1H3,(H,14,15,16). The molecule has 0 aliphatic rings. The second-order valence-electron chi connectivity index (χ2n) is 3.19. The Bertz CT molecular complexity index is 536. The van der Waals surface area contributed by atoms with Crippen molar-refractivity contribution in [2.75, 3.05) is 12.4 Å². The van der Waals surface area contributed by atoms with Crippen LogP contribution < -0.4 is 10.1 Å². The summed E-state index contributed by atoms with van der Waals surface area (Å²) in [7, 11) is 1.42. The second kappa shape index (κ2) is 5.09. The van der Waals surface area contributed by atoms with E-state index in [-0.39, 0.29) is 5.75 Å². The molecule has 17 heavy (non-hydrogen) atoms. The van der Waals surface area contributed by atoms with Gasteiger partial charge in [0, 0.05) is 18.0 Å². The Hall–Kier alpha value is -1.69. The first-order valence-electron chi connectivity index (χ1n) is 4.77. The van der Waals surface area contributed by atoms with Crippen LogP contribution in [0.2, 0.25) is 0 Å². The van der Waals surface area contributed by atoms with Crippen molar-refractivity contribution in [3.63, 3.8) is 0 Å². The molecule has 4 nitrogen and oxygen atoms in total. The third-order valence-corrected chi connectivity index (χ3v) is 2.66. The van der Waals surface area contributed by atoms with E-state index in [1.807, 2.05) is 0 Å². The molecule has 0 unspecified atom stereocenters. The molecule has 0 saturated carbocycles. The number of nitrogens with one attached hydrogen (secondary N) is 1. The molecule has 0 saturated heterocycles. The van der Waals surface area contributed by atoms with Gasteiger partial charge in [0.15, 0.2) is 11.6 Å². The summed E-state index contributed by atoms with van der Waals surface area (Å²) in [5.74, 6) is 0.351. The summed E-state index contributed by atoms with van der Waals surface area (Å²) in [6.45, 7) is 0. The van der Waals surface area contributed by atoms with Gasteiger partial charge in [0.05, 0.1) is 11.6 Å². The van der Waals surface area contributed by atoms with Crippen molar-refractivity contribution in [1.82, 2.24) is 9.97 Å². The van der Waals surface area contributed by atoms with Gasteiger partial charge in [-0.3, -0.25) is 0 Å². The molecule has 0 amide bonds. The summed E-state index contributed by atoms with van der Waals surface area (Å²) in [5.41, 5.74) is 0.586. The predicted octanol–water partition coefficient (Wildman–Crippen LogP) is 3.13. The van der Waals surface area contributed by atoms with Crippen LogP contribution >= 0.6 is 15.9 Å². The van der Waals surface area contributed by atoms with Crippen LogP contribution in [0, 0.1) is 5.82 Å². The smallest absolute Gasteiger partial charge is 0.167 e. The quantitative estimate of drug-likeness (QED) is 0.945. The van der Waals surface area contributed by atoms with E-state index in [0.29, 0.717) is 16.0 Å². The lowest BCUT2D eigenvalue weighted by molar-refractivity contribution is 0.386. The molecule has 0 aliphatic carbocycles. The molecule has 0 aliphatic heterocycles. The maximum atomic E-state index is 13.4. The van der Waals surface area contributed by atoms with Gasteiger partial charge in [0.25, 0.3) is 0 Å². The monoisotopic (exact) mass is 297 g/mol. The first-order valence-corrected chi connectivity index (χ1v) is 5.56. The highest BCUT2D eigenvalue weighted by Crippen LogP contribution is 2.25. The number of aromatic nitrogens is 2. The normalized spacial score (nSPS) is 10.1. The fraction of sp³-hybridized carbons (Fsp3) is 0.0909. The minimum Gasteiger partial charge on any atom is -0.494 e. The Balaban J connectivity index is 2.25. The van der Waals surface area contributed by atoms with Gasteiger partial charge in [0.2, 0.25) is 0 Å². The van der Waals surface area contributed by atoms with Crippen LogP contribution in [0.3, 0.4) is 0 Å². The third kappa shape index (κ3) is 2.71. The average molecular weight is 298 g/mol. The van der Waals surface area contributed by atoms with Gasteiger partial charge in [-0.25, -0.2) is 14.4 Å². The van der Waals surface area contributed by atoms with E-state index in [9.17, 15) is 4.39 Å². The molecule has 2 rings (SSSR count). The molecule has 2 aromatic rings. The molecule has 0 spiro atoms. The molecule has 6 heteroatoms. The lowest BCUT2D eigenvalue weighted by Gasteiger charge is -2.08. The summed E-state index contributed by atoms with van der Waals surface area (Å²) >= 11 is 3.29. The zero-order valence-corrected chi connectivity index (χ0v) is 10.5. The molecule has 1 N–H and O–H groups in total. The Kier molecular flexibility index (Phi) is 3.53. The Labute approximate surface area is 106 Å². The van der Waals surface area contributed by atoms with Gasteiger partial charge >= 0.3 is 0 Å². The SMILES string of the molecule is COc1ccc(Nc2ncncc2Br)cc1F. The van der Waals surface area contributed by atoms with E-state index < -0.39 is 5.82 Å². The molecule has 88 valence electrons. The zero-order valence-electron chi connectivity index (χ0n) is 8.95. The number of nitrogens with zero attached hydrogens (tertiary/aromatic N) is 2. The third-order valence-electron chi connectivity index (χ3n) is 2.08. The van der Waals surface area contributed by atoms with Crippen LogP contribution in [-0.4, -0.2) is 17.1 Å². The van der Waals surface area contributed by atoms with Crippen LogP contribution in [0.4, 0.5) is 15.9 Å². The lowest BCUT2D eigenvalue weighted by atomic mass is 10.3. The highest BCUT2D eigenvalue weighted by Gasteiger charge is 2.05. The second-order valence-corrected chi connectivity index (χ2v) is 4.05. The zero-order chi connectivity index (χ0) is 12.3. The van der Waals surface area contributed by atoms with Crippen molar-refractivity contribution in [1.29, 1.82) is 0 Å². The Morgan fingerprint density at radius 3 is 2.88 bits per heavy atom. The van der Waals surface area contributed by atoms with Crippen LogP contribution in [0.1, 0.15) is 0 Å². The first-order chi connectivity index (χ1) is 8.20. The van der Waals surface area contributed by atoms with Gasteiger partial charge in [0.1, 0.15) is 12.1 Å². The van der Waals surface area contributed by atoms with Gasteiger partial charge in [-0.2, -0.15) is 0 Å². The molecule has 0 atom stereocenters. The van der Waals surface area contributed by atoms with Crippen LogP contribution in [0.15, 0.2) is 35.2 Å². The Morgan fingerprint density at radius 1 is 1.41 bits per heavy atom. The van der Waals surface area contributed by atoms with Crippen molar-refractivity contribution in [2.24, 2.45) is 0 Å². The molecular weight excluding hydrogens is 289 g/mol. The molecular formula is C11H9BrFN3O. The number of rotatable bonds is 3. The van der Waals surface area contributed by atoms with Crippen molar-refractivity contribution in [2.45, 2.75) is 0 Å². The minimum atomic E-state index is -0.428. The van der Waals surface area contributed by atoms with Gasteiger partial charge in [-0.05, 0) is 28.1 Å². The van der Waals surface area contributed by atoms with E-state index >= 15 is 0 Å². The van der Waals surface area contributed by atoms with Crippen LogP contribution in [0.25, 0.3) is 0 Å². The molecule has 0 bridgehead atoms. The largest absolute Gasteiger partial charge is 0.494 e. The topological polar surface area (TPSA) is 47.0 Å². The number of methoxy groups -OCH3 is 1. The summed E-state index contributed by atoms with van der Waals surface area (Å²) in [6, 6.07) is 4.59. The fourth-order valence-corrected chi connectivity index (χ4v) is 1.61. The van der Waals surface area contributed by atoms with Crippen LogP contribution in [0.5, 0.6) is 5.75 Å².